The van der Waals surface area contributed by atoms with Gasteiger partial charge in [-0.15, -0.1) is 0 Å². The molecule has 0 aromatic heterocycles. The van der Waals surface area contributed by atoms with E-state index in [1.165, 1.54) is 6.42 Å². The minimum Gasteiger partial charge on any atom is -0.457 e. The van der Waals surface area contributed by atoms with Gasteiger partial charge in [0.15, 0.2) is 0 Å². The third kappa shape index (κ3) is 5.84. The molecule has 5 heteroatoms. The standard InChI is InChI=1S/C23H28N2O3/c1-18(26)25(20-8-4-2-5-9-20)17-16-23(27)24-19-12-14-22(15-13-19)28-21-10-6-3-7-11-21/h3,6-7,10-15,20H,2,4-5,8-9,16-17H2,1H3,(H,24,27). The van der Waals surface area contributed by atoms with Gasteiger partial charge in [0.1, 0.15) is 11.5 Å². The molecule has 1 N–H and O–H groups in total. The number of carbonyl (C=O) groups excluding carboxylic acids is 2. The number of para-hydroxylation sites is 1. The third-order valence-electron chi connectivity index (χ3n) is 5.12. The summed E-state index contributed by atoms with van der Waals surface area (Å²) in [6.45, 7) is 2.07. The smallest absolute Gasteiger partial charge is 0.226 e. The van der Waals surface area contributed by atoms with Gasteiger partial charge in [0, 0.05) is 31.6 Å². The molecule has 2 aromatic rings. The maximum absolute atomic E-state index is 12.3. The average molecular weight is 380 g/mol. The van der Waals surface area contributed by atoms with Crippen molar-refractivity contribution in [2.75, 3.05) is 11.9 Å². The third-order valence-corrected chi connectivity index (χ3v) is 5.12. The van der Waals surface area contributed by atoms with Crippen molar-refractivity contribution in [2.45, 2.75) is 51.5 Å². The highest BCUT2D eigenvalue weighted by atomic mass is 16.5. The summed E-state index contributed by atoms with van der Waals surface area (Å²) >= 11 is 0. The van der Waals surface area contributed by atoms with E-state index in [9.17, 15) is 9.59 Å². The lowest BCUT2D eigenvalue weighted by molar-refractivity contribution is -0.132. The Balaban J connectivity index is 1.49. The van der Waals surface area contributed by atoms with Crippen LogP contribution in [0, 0.1) is 0 Å². The fraction of sp³-hybridized carbons (Fsp3) is 0.391. The highest BCUT2D eigenvalue weighted by Gasteiger charge is 2.23. The molecule has 148 valence electrons. The number of anilines is 1. The first-order valence-corrected chi connectivity index (χ1v) is 10.0. The molecule has 2 amide bonds. The lowest BCUT2D eigenvalue weighted by atomic mass is 9.94. The first-order valence-electron chi connectivity index (χ1n) is 10.0. The molecule has 0 unspecified atom stereocenters. The van der Waals surface area contributed by atoms with Crippen LogP contribution in [0.15, 0.2) is 54.6 Å². The Morgan fingerprint density at radius 2 is 1.61 bits per heavy atom. The highest BCUT2D eigenvalue weighted by molar-refractivity contribution is 5.91. The predicted molar refractivity (Wildman–Crippen MR) is 110 cm³/mol. The summed E-state index contributed by atoms with van der Waals surface area (Å²) in [6, 6.07) is 17.1. The summed E-state index contributed by atoms with van der Waals surface area (Å²) in [7, 11) is 0. The molecule has 1 saturated carbocycles. The number of hydrogen-bond donors (Lipinski definition) is 1. The average Bonchev–Trinajstić information content (AvgIpc) is 2.71. The molecular weight excluding hydrogens is 352 g/mol. The lowest BCUT2D eigenvalue weighted by Crippen LogP contribution is -2.41. The zero-order valence-electron chi connectivity index (χ0n) is 16.4. The minimum absolute atomic E-state index is 0.0575. The number of benzene rings is 2. The molecule has 3 rings (SSSR count). The fourth-order valence-electron chi connectivity index (χ4n) is 3.67. The van der Waals surface area contributed by atoms with Crippen molar-refractivity contribution in [3.63, 3.8) is 0 Å². The number of nitrogens with zero attached hydrogens (tertiary/aromatic N) is 1. The molecule has 0 bridgehead atoms. The molecule has 0 saturated heterocycles. The SMILES string of the molecule is CC(=O)N(CCC(=O)Nc1ccc(Oc2ccccc2)cc1)C1CCCCC1. The minimum atomic E-state index is -0.0845. The number of ether oxygens (including phenoxy) is 1. The summed E-state index contributed by atoms with van der Waals surface area (Å²) in [4.78, 5) is 26.2. The van der Waals surface area contributed by atoms with Crippen molar-refractivity contribution >= 4 is 17.5 Å². The molecule has 5 nitrogen and oxygen atoms in total. The Hall–Kier alpha value is -2.82. The molecule has 0 aliphatic heterocycles. The van der Waals surface area contributed by atoms with E-state index < -0.39 is 0 Å². The van der Waals surface area contributed by atoms with Gasteiger partial charge in [-0.05, 0) is 49.2 Å². The largest absolute Gasteiger partial charge is 0.457 e. The summed E-state index contributed by atoms with van der Waals surface area (Å²) in [5.41, 5.74) is 0.720. The molecule has 1 aliphatic rings. The summed E-state index contributed by atoms with van der Waals surface area (Å²) < 4.78 is 5.75. The Labute approximate surface area is 166 Å². The fourth-order valence-corrected chi connectivity index (χ4v) is 3.67. The molecular formula is C23H28N2O3. The van der Waals surface area contributed by atoms with E-state index in [1.807, 2.05) is 59.5 Å². The first-order chi connectivity index (χ1) is 13.6. The molecule has 0 heterocycles. The maximum Gasteiger partial charge on any atom is 0.226 e. The summed E-state index contributed by atoms with van der Waals surface area (Å²) in [5, 5.41) is 2.90. The summed E-state index contributed by atoms with van der Waals surface area (Å²) in [6.07, 6.45) is 5.97. The number of hydrogen-bond acceptors (Lipinski definition) is 3. The zero-order valence-corrected chi connectivity index (χ0v) is 16.4. The zero-order chi connectivity index (χ0) is 19.8. The van der Waals surface area contributed by atoms with Crippen LogP contribution in [0.3, 0.4) is 0 Å². The highest BCUT2D eigenvalue weighted by Crippen LogP contribution is 2.24. The van der Waals surface area contributed by atoms with Crippen LogP contribution in [-0.2, 0) is 9.59 Å². The van der Waals surface area contributed by atoms with Crippen molar-refractivity contribution < 1.29 is 14.3 Å². The number of carbonyl (C=O) groups is 2. The van der Waals surface area contributed by atoms with Crippen LogP contribution >= 0.6 is 0 Å². The van der Waals surface area contributed by atoms with Gasteiger partial charge in [0.25, 0.3) is 0 Å². The van der Waals surface area contributed by atoms with Crippen LogP contribution in [0.1, 0.15) is 45.4 Å². The summed E-state index contributed by atoms with van der Waals surface area (Å²) in [5.74, 6) is 1.46. The lowest BCUT2D eigenvalue weighted by Gasteiger charge is -2.33. The topological polar surface area (TPSA) is 58.6 Å². The van der Waals surface area contributed by atoms with E-state index in [-0.39, 0.29) is 17.9 Å². The molecule has 1 aliphatic carbocycles. The number of nitrogens with one attached hydrogen (secondary N) is 1. The predicted octanol–water partition coefficient (Wildman–Crippen LogP) is 4.99. The van der Waals surface area contributed by atoms with Crippen molar-refractivity contribution in [2.24, 2.45) is 0 Å². The maximum atomic E-state index is 12.3. The van der Waals surface area contributed by atoms with E-state index in [0.29, 0.717) is 18.7 Å². The second kappa shape index (κ2) is 9.93. The molecule has 1 fully saturated rings. The van der Waals surface area contributed by atoms with E-state index >= 15 is 0 Å². The monoisotopic (exact) mass is 380 g/mol. The van der Waals surface area contributed by atoms with Crippen LogP contribution in [-0.4, -0.2) is 29.3 Å². The van der Waals surface area contributed by atoms with Gasteiger partial charge in [0.05, 0.1) is 0 Å². The molecule has 0 radical (unpaired) electrons. The van der Waals surface area contributed by atoms with Crippen molar-refractivity contribution in [3.8, 4) is 11.5 Å². The van der Waals surface area contributed by atoms with Crippen LogP contribution in [0.5, 0.6) is 11.5 Å². The van der Waals surface area contributed by atoms with Gasteiger partial charge in [-0.3, -0.25) is 9.59 Å². The van der Waals surface area contributed by atoms with Crippen LogP contribution in [0.4, 0.5) is 5.69 Å². The van der Waals surface area contributed by atoms with Crippen LogP contribution in [0.2, 0.25) is 0 Å². The van der Waals surface area contributed by atoms with Crippen molar-refractivity contribution in [3.05, 3.63) is 54.6 Å². The van der Waals surface area contributed by atoms with Crippen molar-refractivity contribution in [1.29, 1.82) is 0 Å². The number of rotatable bonds is 7. The quantitative estimate of drug-likeness (QED) is 0.736. The Bertz CT molecular complexity index is 768. The van der Waals surface area contributed by atoms with Gasteiger partial charge < -0.3 is 15.0 Å². The van der Waals surface area contributed by atoms with Crippen molar-refractivity contribution in [1.82, 2.24) is 4.90 Å². The first kappa shape index (κ1) is 19.9. The second-order valence-corrected chi connectivity index (χ2v) is 7.24. The van der Waals surface area contributed by atoms with Gasteiger partial charge in [-0.1, -0.05) is 37.5 Å². The van der Waals surface area contributed by atoms with Gasteiger partial charge >= 0.3 is 0 Å². The van der Waals surface area contributed by atoms with Gasteiger partial charge in [-0.25, -0.2) is 0 Å². The number of amides is 2. The van der Waals surface area contributed by atoms with Crippen LogP contribution in [0.25, 0.3) is 0 Å². The Kier molecular flexibility index (Phi) is 7.06. The second-order valence-electron chi connectivity index (χ2n) is 7.24. The van der Waals surface area contributed by atoms with E-state index in [1.54, 1.807) is 6.92 Å². The van der Waals surface area contributed by atoms with Gasteiger partial charge in [0.2, 0.25) is 11.8 Å². The van der Waals surface area contributed by atoms with E-state index in [4.69, 9.17) is 4.74 Å². The molecule has 28 heavy (non-hydrogen) atoms. The van der Waals surface area contributed by atoms with E-state index in [0.717, 1.165) is 37.1 Å². The normalized spacial score (nSPS) is 14.3. The Morgan fingerprint density at radius 1 is 0.964 bits per heavy atom. The molecule has 0 atom stereocenters. The molecule has 0 spiro atoms. The van der Waals surface area contributed by atoms with E-state index in [2.05, 4.69) is 5.32 Å². The van der Waals surface area contributed by atoms with Gasteiger partial charge in [-0.2, -0.15) is 0 Å². The Morgan fingerprint density at radius 3 is 2.25 bits per heavy atom. The van der Waals surface area contributed by atoms with Crippen LogP contribution < -0.4 is 10.1 Å². The molecule has 2 aromatic carbocycles.